The van der Waals surface area contributed by atoms with Crippen molar-refractivity contribution in [3.05, 3.63) is 102 Å². The van der Waals surface area contributed by atoms with Gasteiger partial charge in [0.15, 0.2) is 28.2 Å². The van der Waals surface area contributed by atoms with Crippen LogP contribution in [-0.4, -0.2) is 68.3 Å². The molecule has 1 heterocycles. The highest BCUT2D eigenvalue weighted by Crippen LogP contribution is 2.38. The molecule has 0 bridgehead atoms. The molecular formula is C43H49F3N4O6S. The number of aromatic nitrogens is 2. The summed E-state index contributed by atoms with van der Waals surface area (Å²) in [6.07, 6.45) is 2.24. The Morgan fingerprint density at radius 1 is 0.789 bits per heavy atom. The molecule has 4 aromatic carbocycles. The minimum absolute atomic E-state index is 0.0198. The first kappa shape index (κ1) is 43.0. The third-order valence-corrected chi connectivity index (χ3v) is 10.0. The van der Waals surface area contributed by atoms with E-state index in [9.17, 15) is 9.18 Å². The average Bonchev–Trinajstić information content (AvgIpc) is 3.59. The van der Waals surface area contributed by atoms with Crippen LogP contribution in [0.15, 0.2) is 84.1 Å². The van der Waals surface area contributed by atoms with E-state index in [2.05, 4.69) is 10.3 Å². The lowest BCUT2D eigenvalue weighted by atomic mass is 10.0. The van der Waals surface area contributed by atoms with E-state index in [1.165, 1.54) is 31.4 Å². The maximum absolute atomic E-state index is 15.7. The molecule has 5 rings (SSSR count). The van der Waals surface area contributed by atoms with Gasteiger partial charge in [-0.15, -0.1) is 0 Å². The van der Waals surface area contributed by atoms with Gasteiger partial charge in [-0.2, -0.15) is 0 Å². The molecule has 5 aromatic rings. The van der Waals surface area contributed by atoms with Crippen molar-refractivity contribution < 1.29 is 41.7 Å². The number of carbonyl (C=O) groups excluding carboxylic acids is 1. The number of methoxy groups -OCH3 is 3. The lowest BCUT2D eigenvalue weighted by molar-refractivity contribution is -0.128. The first-order valence-electron chi connectivity index (χ1n) is 18.2. The zero-order valence-corrected chi connectivity index (χ0v) is 34.5. The molecule has 0 aliphatic heterocycles. The number of nitrogens with one attached hydrogen (secondary N) is 1. The van der Waals surface area contributed by atoms with E-state index in [1.807, 2.05) is 52.6 Å². The molecule has 0 aliphatic rings. The van der Waals surface area contributed by atoms with Crippen LogP contribution in [0.25, 0.3) is 16.8 Å². The normalized spacial score (nSPS) is 11.7. The summed E-state index contributed by atoms with van der Waals surface area (Å²) >= 11 is 1.12. The molecule has 0 saturated carbocycles. The number of hydrogen-bond donors (Lipinski definition) is 1. The smallest absolute Gasteiger partial charge is 0.250 e. The van der Waals surface area contributed by atoms with Crippen LogP contribution in [0.2, 0.25) is 0 Å². The molecular weight excluding hydrogens is 758 g/mol. The van der Waals surface area contributed by atoms with Crippen LogP contribution in [0.1, 0.15) is 46.6 Å². The second-order valence-electron chi connectivity index (χ2n) is 14.7. The van der Waals surface area contributed by atoms with Crippen LogP contribution in [0.4, 0.5) is 30.4 Å². The summed E-state index contributed by atoms with van der Waals surface area (Å²) in [5.41, 5.74) is 1.70. The largest absolute Gasteiger partial charge is 0.494 e. The van der Waals surface area contributed by atoms with Gasteiger partial charge in [0.1, 0.15) is 24.1 Å². The van der Waals surface area contributed by atoms with Gasteiger partial charge in [-0.3, -0.25) is 9.36 Å². The van der Waals surface area contributed by atoms with Gasteiger partial charge in [-0.1, -0.05) is 23.9 Å². The molecule has 0 spiro atoms. The number of rotatable bonds is 17. The Balaban J connectivity index is 1.31. The van der Waals surface area contributed by atoms with Crippen molar-refractivity contribution >= 4 is 34.9 Å². The maximum Gasteiger partial charge on any atom is 0.250 e. The summed E-state index contributed by atoms with van der Waals surface area (Å²) in [5.74, 6) is -0.764. The number of ether oxygens (including phenoxy) is 5. The van der Waals surface area contributed by atoms with Crippen LogP contribution in [-0.2, 0) is 20.0 Å². The average molecular weight is 807 g/mol. The summed E-state index contributed by atoms with van der Waals surface area (Å²) < 4.78 is 75.3. The number of carbonyl (C=O) groups is 1. The van der Waals surface area contributed by atoms with E-state index < -0.39 is 23.1 Å². The molecule has 14 heteroatoms. The molecule has 0 aliphatic carbocycles. The second kappa shape index (κ2) is 18.4. The molecule has 1 amide bonds. The minimum Gasteiger partial charge on any atom is -0.494 e. The van der Waals surface area contributed by atoms with Gasteiger partial charge < -0.3 is 33.9 Å². The molecule has 0 unspecified atom stereocenters. The Morgan fingerprint density at radius 2 is 1.46 bits per heavy atom. The number of nitrogens with zero attached hydrogens (tertiary/aromatic N) is 3. The maximum atomic E-state index is 15.7. The monoisotopic (exact) mass is 806 g/mol. The van der Waals surface area contributed by atoms with Crippen molar-refractivity contribution in [3.63, 3.8) is 0 Å². The number of anilines is 3. The van der Waals surface area contributed by atoms with Gasteiger partial charge in [0.05, 0.1) is 44.4 Å². The van der Waals surface area contributed by atoms with Crippen LogP contribution in [0.3, 0.4) is 0 Å². The second-order valence-corrected chi connectivity index (χ2v) is 15.7. The van der Waals surface area contributed by atoms with Gasteiger partial charge in [0, 0.05) is 48.5 Å². The first-order valence-corrected chi connectivity index (χ1v) is 19.2. The molecule has 0 saturated heterocycles. The van der Waals surface area contributed by atoms with Crippen molar-refractivity contribution in [2.45, 2.75) is 63.2 Å². The Labute approximate surface area is 336 Å². The van der Waals surface area contributed by atoms with E-state index in [4.69, 9.17) is 23.7 Å². The molecule has 304 valence electrons. The van der Waals surface area contributed by atoms with Crippen molar-refractivity contribution in [2.75, 3.05) is 51.8 Å². The zero-order chi connectivity index (χ0) is 41.5. The number of hydrogen-bond acceptors (Lipinski definition) is 9. The summed E-state index contributed by atoms with van der Waals surface area (Å²) in [5, 5.41) is 3.20. The molecule has 10 nitrogen and oxygen atoms in total. The number of benzene rings is 4. The fraction of sp³-hybridized carbons (Fsp3) is 0.349. The van der Waals surface area contributed by atoms with Crippen molar-refractivity contribution in [2.24, 2.45) is 0 Å². The summed E-state index contributed by atoms with van der Waals surface area (Å²) in [6.45, 7) is 10.1. The van der Waals surface area contributed by atoms with Gasteiger partial charge in [-0.05, 0) is 101 Å². The first-order chi connectivity index (χ1) is 27.0. The minimum atomic E-state index is -0.730. The number of thioether (sulfide) groups is 1. The Hall–Kier alpha value is -5.18. The Morgan fingerprint density at radius 3 is 2.09 bits per heavy atom. The third kappa shape index (κ3) is 11.0. The predicted molar refractivity (Wildman–Crippen MR) is 218 cm³/mol. The molecule has 1 aromatic heterocycles. The highest BCUT2D eigenvalue weighted by molar-refractivity contribution is 7.98. The van der Waals surface area contributed by atoms with Crippen LogP contribution in [0.5, 0.6) is 17.2 Å². The fourth-order valence-corrected chi connectivity index (χ4v) is 6.79. The highest BCUT2D eigenvalue weighted by Gasteiger charge is 2.23. The van der Waals surface area contributed by atoms with E-state index in [0.717, 1.165) is 17.4 Å². The molecule has 0 atom stereocenters. The van der Waals surface area contributed by atoms with Gasteiger partial charge in [0.25, 0.3) is 0 Å². The van der Waals surface area contributed by atoms with Gasteiger partial charge in [-0.25, -0.2) is 18.2 Å². The zero-order valence-electron chi connectivity index (χ0n) is 33.7. The number of halogens is 3. The third-order valence-electron chi connectivity index (χ3n) is 9.02. The topological polar surface area (TPSA) is 96.3 Å². The Kier molecular flexibility index (Phi) is 13.9. The molecule has 0 radical (unpaired) electrons. The summed E-state index contributed by atoms with van der Waals surface area (Å²) in [4.78, 5) is 19.1. The Bertz CT molecular complexity index is 2150. The van der Waals surface area contributed by atoms with Crippen LogP contribution < -0.4 is 24.4 Å². The van der Waals surface area contributed by atoms with Crippen molar-refractivity contribution in [1.82, 2.24) is 9.55 Å². The standard InChI is InChI=1S/C43H49F3N4O6S/c1-42(2,3)55-19-18-43(4,5)56-25-39(51)48-29-12-10-27(11-13-29)28-20-34(45)32(35(46)21-28)26-57-41-47-24-40(50(41)31-14-16-33(44)37(23-31)53-8)49(6)30-15-17-36(52-7)38(22-30)54-9/h10-17,20-24H,18-19,25-26H2,1-9H3,(H,48,51). The lowest BCUT2D eigenvalue weighted by Gasteiger charge is -2.27. The lowest BCUT2D eigenvalue weighted by Crippen LogP contribution is -2.32. The van der Waals surface area contributed by atoms with Gasteiger partial charge >= 0.3 is 0 Å². The van der Waals surface area contributed by atoms with E-state index >= 15 is 8.78 Å². The van der Waals surface area contributed by atoms with Crippen molar-refractivity contribution in [3.8, 4) is 34.1 Å². The van der Waals surface area contributed by atoms with Crippen LogP contribution in [0, 0.1) is 17.5 Å². The van der Waals surface area contributed by atoms with Gasteiger partial charge in [0.2, 0.25) is 5.91 Å². The fourth-order valence-electron chi connectivity index (χ4n) is 5.78. The van der Waals surface area contributed by atoms with Crippen LogP contribution >= 0.6 is 11.8 Å². The predicted octanol–water partition coefficient (Wildman–Crippen LogP) is 9.98. The highest BCUT2D eigenvalue weighted by atomic mass is 32.2. The number of amides is 1. The van der Waals surface area contributed by atoms with E-state index in [0.29, 0.717) is 58.0 Å². The summed E-state index contributed by atoms with van der Waals surface area (Å²) in [6, 6.07) is 19.0. The van der Waals surface area contributed by atoms with Crippen molar-refractivity contribution in [1.29, 1.82) is 0 Å². The molecule has 57 heavy (non-hydrogen) atoms. The summed E-state index contributed by atoms with van der Waals surface area (Å²) in [7, 11) is 6.28. The molecule has 1 N–H and O–H groups in total. The molecule has 0 fully saturated rings. The number of imidazole rings is 1. The quantitative estimate of drug-likeness (QED) is 0.0922. The van der Waals surface area contributed by atoms with E-state index in [1.54, 1.807) is 67.4 Å². The van der Waals surface area contributed by atoms with E-state index in [-0.39, 0.29) is 35.2 Å². The SMILES string of the molecule is COc1cc(-n2c(N(C)c3ccc(OC)c(OC)c3)cnc2SCc2c(F)cc(-c3ccc(NC(=O)COC(C)(C)CCOC(C)(C)C)cc3)cc2F)ccc1F.